The largest absolute Gasteiger partial charge is 0.446 e. The summed E-state index contributed by atoms with van der Waals surface area (Å²) in [6, 6.07) is 36.7. The van der Waals surface area contributed by atoms with E-state index in [1.807, 2.05) is 25.1 Å². The Kier molecular flexibility index (Phi) is 9.53. The van der Waals surface area contributed by atoms with Gasteiger partial charge in [-0.1, -0.05) is 109 Å². The van der Waals surface area contributed by atoms with Crippen LogP contribution in [0.2, 0.25) is 0 Å². The summed E-state index contributed by atoms with van der Waals surface area (Å²) >= 11 is 7.81. The van der Waals surface area contributed by atoms with Gasteiger partial charge in [0.2, 0.25) is 0 Å². The Labute approximate surface area is 315 Å². The highest BCUT2D eigenvalue weighted by molar-refractivity contribution is 8.30. The molecule has 260 valence electrons. The molecule has 0 bridgehead atoms. The Bertz CT molecular complexity index is 2360. The molecule has 1 amide bonds. The molecule has 0 spiro atoms. The molecule has 52 heavy (non-hydrogen) atoms. The summed E-state index contributed by atoms with van der Waals surface area (Å²) in [4.78, 5) is 42.3. The zero-order chi connectivity index (χ0) is 35.8. The number of hydrogen-bond acceptors (Lipinski definition) is 8. The molecule has 7 nitrogen and oxygen atoms in total. The number of thiazole rings is 1. The summed E-state index contributed by atoms with van der Waals surface area (Å²) in [5.74, 6) is 0.151. The average Bonchev–Trinajstić information content (AvgIpc) is 3.92. The molecule has 3 heterocycles. The SMILES string of the molecule is CCN1C(=O)C(=c2sc(=Cc3ccc4c(c3)C3CCCC3N4c3ccc(C=C(c4ccccc4)c4ccccc4)cc3)c(=O)n2COC=O)SC1=S. The van der Waals surface area contributed by atoms with E-state index in [9.17, 15) is 14.4 Å². The van der Waals surface area contributed by atoms with Crippen molar-refractivity contribution in [2.45, 2.75) is 44.9 Å². The van der Waals surface area contributed by atoms with E-state index in [0.717, 1.165) is 30.4 Å². The maximum absolute atomic E-state index is 13.7. The van der Waals surface area contributed by atoms with E-state index in [4.69, 9.17) is 17.0 Å². The molecule has 2 aliphatic heterocycles. The van der Waals surface area contributed by atoms with Gasteiger partial charge in [0.25, 0.3) is 17.9 Å². The lowest BCUT2D eigenvalue weighted by atomic mass is 9.95. The van der Waals surface area contributed by atoms with Crippen molar-refractivity contribution in [3.05, 3.63) is 150 Å². The third kappa shape index (κ3) is 6.25. The van der Waals surface area contributed by atoms with Crippen molar-refractivity contribution >= 4 is 86.0 Å². The number of ether oxygens (including phenoxy) is 1. The number of thioether (sulfide) groups is 1. The van der Waals surface area contributed by atoms with Gasteiger partial charge in [0.1, 0.15) is 13.9 Å². The van der Waals surface area contributed by atoms with Gasteiger partial charge in [0.15, 0.2) is 6.73 Å². The summed E-state index contributed by atoms with van der Waals surface area (Å²) in [6.45, 7) is 2.31. The van der Waals surface area contributed by atoms with Crippen LogP contribution in [0, 0.1) is 0 Å². The van der Waals surface area contributed by atoms with Crippen molar-refractivity contribution < 1.29 is 14.3 Å². The lowest BCUT2D eigenvalue weighted by Gasteiger charge is -2.27. The van der Waals surface area contributed by atoms with Crippen molar-refractivity contribution in [2.24, 2.45) is 0 Å². The van der Waals surface area contributed by atoms with Crippen molar-refractivity contribution in [3.8, 4) is 0 Å². The molecule has 2 unspecified atom stereocenters. The van der Waals surface area contributed by atoms with Gasteiger partial charge in [0, 0.05) is 29.9 Å². The molecular weight excluding hydrogens is 707 g/mol. The number of benzene rings is 4. The van der Waals surface area contributed by atoms with Crippen molar-refractivity contribution in [1.29, 1.82) is 0 Å². The number of hydrogen-bond donors (Lipinski definition) is 0. The van der Waals surface area contributed by atoms with E-state index in [0.29, 0.717) is 43.4 Å². The number of rotatable bonds is 9. The Balaban J connectivity index is 1.14. The van der Waals surface area contributed by atoms with Crippen LogP contribution < -0.4 is 19.7 Å². The van der Waals surface area contributed by atoms with Crippen LogP contribution in [0.25, 0.3) is 22.6 Å². The fourth-order valence-electron chi connectivity index (χ4n) is 7.63. The van der Waals surface area contributed by atoms with Crippen LogP contribution in [0.15, 0.2) is 108 Å². The normalized spacial score (nSPS) is 19.2. The van der Waals surface area contributed by atoms with Gasteiger partial charge in [-0.15, -0.1) is 11.3 Å². The monoisotopic (exact) mass is 741 g/mol. The van der Waals surface area contributed by atoms with Gasteiger partial charge in [-0.2, -0.15) is 0 Å². The zero-order valence-corrected chi connectivity index (χ0v) is 30.9. The van der Waals surface area contributed by atoms with Crippen molar-refractivity contribution in [3.63, 3.8) is 0 Å². The number of anilines is 2. The molecule has 5 aromatic rings. The first kappa shape index (κ1) is 34.1. The Hall–Kier alpha value is -5.03. The molecule has 8 rings (SSSR count). The Morgan fingerprint density at radius 2 is 1.60 bits per heavy atom. The molecule has 10 heteroatoms. The number of nitrogens with zero attached hydrogens (tertiary/aromatic N) is 3. The van der Waals surface area contributed by atoms with Gasteiger partial charge in [-0.25, -0.2) is 0 Å². The van der Waals surface area contributed by atoms with Gasteiger partial charge >= 0.3 is 0 Å². The van der Waals surface area contributed by atoms with Crippen LogP contribution >= 0.6 is 35.3 Å². The lowest BCUT2D eigenvalue weighted by molar-refractivity contribution is -0.132. The minimum atomic E-state index is -0.318. The molecular formula is C42H35N3O4S3. The first-order valence-corrected chi connectivity index (χ1v) is 19.4. The van der Waals surface area contributed by atoms with Gasteiger partial charge in [-0.3, -0.25) is 23.9 Å². The maximum Gasteiger partial charge on any atom is 0.294 e. The minimum absolute atomic E-state index is 0.244. The summed E-state index contributed by atoms with van der Waals surface area (Å²) in [7, 11) is 0. The molecule has 2 fully saturated rings. The third-order valence-electron chi connectivity index (χ3n) is 10.0. The second kappa shape index (κ2) is 14.5. The quantitative estimate of drug-likeness (QED) is 0.0897. The molecule has 0 N–H and O–H groups in total. The number of thiocarbonyl (C=S) groups is 1. The van der Waals surface area contributed by atoms with E-state index < -0.39 is 0 Å². The van der Waals surface area contributed by atoms with E-state index in [1.165, 1.54) is 66.2 Å². The van der Waals surface area contributed by atoms with Crippen LogP contribution in [0.1, 0.15) is 59.9 Å². The summed E-state index contributed by atoms with van der Waals surface area (Å²) in [5, 5.41) is 0. The van der Waals surface area contributed by atoms with E-state index in [-0.39, 0.29) is 18.2 Å². The van der Waals surface area contributed by atoms with Crippen LogP contribution in [-0.2, 0) is 21.1 Å². The standard InChI is InChI=1S/C42H35N3O4S3/c1-2-43-40(48)38(52-42(43)50)41-44(25-49-26-46)39(47)37(51-41)24-28-18-21-36-34(23-28)32-14-9-15-35(32)45(36)31-19-16-27(17-20-31)22-33(29-10-5-3-6-11-29)30-12-7-4-8-13-30/h3-8,10-13,16-24,26,32,35H,2,9,14-15,25H2,1H3. The fourth-order valence-corrected chi connectivity index (χ4v) is 10.3. The second-order valence-corrected chi connectivity index (χ2v) is 15.6. The van der Waals surface area contributed by atoms with Crippen molar-refractivity contribution in [2.75, 3.05) is 11.4 Å². The van der Waals surface area contributed by atoms with Gasteiger partial charge < -0.3 is 9.64 Å². The summed E-state index contributed by atoms with van der Waals surface area (Å²) in [5.41, 5.74) is 8.92. The topological polar surface area (TPSA) is 71.8 Å². The van der Waals surface area contributed by atoms with Crippen LogP contribution in [0.5, 0.6) is 0 Å². The molecule has 0 radical (unpaired) electrons. The minimum Gasteiger partial charge on any atom is -0.446 e. The van der Waals surface area contributed by atoms with Gasteiger partial charge in [0.05, 0.1) is 4.53 Å². The van der Waals surface area contributed by atoms with Gasteiger partial charge in [-0.05, 0) is 89.6 Å². The zero-order valence-electron chi connectivity index (χ0n) is 28.4. The maximum atomic E-state index is 13.7. The first-order valence-electron chi connectivity index (χ1n) is 17.4. The molecule has 1 aromatic heterocycles. The van der Waals surface area contributed by atoms with Crippen LogP contribution in [0.4, 0.5) is 11.4 Å². The number of carbonyl (C=O) groups is 2. The third-order valence-corrected chi connectivity index (χ3v) is 12.7. The van der Waals surface area contributed by atoms with E-state index in [2.05, 4.69) is 102 Å². The molecule has 3 aliphatic rings. The number of amides is 1. The number of aromatic nitrogens is 1. The van der Waals surface area contributed by atoms with Crippen LogP contribution in [-0.4, -0.2) is 38.8 Å². The van der Waals surface area contributed by atoms with Crippen LogP contribution in [0.3, 0.4) is 0 Å². The predicted octanol–water partition coefficient (Wildman–Crippen LogP) is 7.23. The summed E-state index contributed by atoms with van der Waals surface area (Å²) < 4.78 is 7.68. The molecule has 1 aliphatic carbocycles. The number of carbonyl (C=O) groups excluding carboxylic acids is 2. The smallest absolute Gasteiger partial charge is 0.294 e. The lowest BCUT2D eigenvalue weighted by Crippen LogP contribution is -2.34. The van der Waals surface area contributed by atoms with E-state index in [1.54, 1.807) is 0 Å². The average molecular weight is 742 g/mol. The highest BCUT2D eigenvalue weighted by atomic mass is 32.2. The molecule has 1 saturated carbocycles. The second-order valence-electron chi connectivity index (χ2n) is 13.0. The fraction of sp³-hybridized carbons (Fsp3) is 0.190. The summed E-state index contributed by atoms with van der Waals surface area (Å²) in [6.07, 6.45) is 7.52. The van der Waals surface area contributed by atoms with Crippen molar-refractivity contribution in [1.82, 2.24) is 9.47 Å². The Morgan fingerprint density at radius 1 is 0.904 bits per heavy atom. The Morgan fingerprint density at radius 3 is 2.25 bits per heavy atom. The molecule has 1 saturated heterocycles. The highest BCUT2D eigenvalue weighted by Crippen LogP contribution is 2.52. The first-order chi connectivity index (χ1) is 25.4. The number of fused-ring (bicyclic) bond motifs is 3. The van der Waals surface area contributed by atoms with E-state index >= 15 is 0 Å². The molecule has 4 aromatic carbocycles. The highest BCUT2D eigenvalue weighted by Gasteiger charge is 2.42. The predicted molar refractivity (Wildman–Crippen MR) is 215 cm³/mol. The molecule has 2 atom stereocenters.